The molecule has 1 aromatic carbocycles. The fourth-order valence-corrected chi connectivity index (χ4v) is 2.53. The number of aromatic nitrogens is 2. The number of carbonyl (C=O) groups is 1. The van der Waals surface area contributed by atoms with Crippen LogP contribution in [0.15, 0.2) is 41.5 Å². The van der Waals surface area contributed by atoms with E-state index in [0.717, 1.165) is 12.3 Å². The number of benzene rings is 1. The Kier molecular flexibility index (Phi) is 4.50. The maximum atomic E-state index is 13.8. The van der Waals surface area contributed by atoms with Gasteiger partial charge in [-0.3, -0.25) is 4.79 Å². The Bertz CT molecular complexity index is 1030. The molecule has 0 bridgehead atoms. The van der Waals surface area contributed by atoms with Gasteiger partial charge in [0.1, 0.15) is 23.0 Å². The average molecular weight is 365 g/mol. The first-order valence-electron chi connectivity index (χ1n) is 7.26. The average Bonchev–Trinajstić information content (AvgIpc) is 2.58. The summed E-state index contributed by atoms with van der Waals surface area (Å²) >= 11 is 5.81. The number of nitrogens with zero attached hydrogens (tertiary/aromatic N) is 2. The van der Waals surface area contributed by atoms with E-state index in [2.05, 4.69) is 4.98 Å². The number of esters is 1. The van der Waals surface area contributed by atoms with Crippen molar-refractivity contribution in [2.24, 2.45) is 0 Å². The second-order valence-electron chi connectivity index (χ2n) is 5.08. The van der Waals surface area contributed by atoms with Gasteiger partial charge in [-0.1, -0.05) is 11.6 Å². The van der Waals surface area contributed by atoms with Crippen molar-refractivity contribution in [3.05, 3.63) is 69.1 Å². The van der Waals surface area contributed by atoms with E-state index < -0.39 is 23.0 Å². The molecule has 25 heavy (non-hydrogen) atoms. The lowest BCUT2D eigenvalue weighted by Crippen LogP contribution is -2.21. The van der Waals surface area contributed by atoms with Gasteiger partial charge in [-0.2, -0.15) is 0 Å². The van der Waals surface area contributed by atoms with Gasteiger partial charge in [-0.05, 0) is 31.2 Å². The number of ether oxygens (including phenoxy) is 1. The number of rotatable bonds is 3. The molecule has 0 N–H and O–H groups in total. The lowest BCUT2D eigenvalue weighted by molar-refractivity contribution is 0.0524. The quantitative estimate of drug-likeness (QED) is 0.667. The molecule has 3 rings (SSSR count). The molecule has 0 aliphatic carbocycles. The SMILES string of the molecule is CCOC(=O)c1cn(-c2ccc(F)cn2)c2cc(Cl)c(F)cc2c1=O. The lowest BCUT2D eigenvalue weighted by Gasteiger charge is -2.13. The third-order valence-corrected chi connectivity index (χ3v) is 3.79. The summed E-state index contributed by atoms with van der Waals surface area (Å²) < 4.78 is 33.2. The molecule has 0 spiro atoms. The Balaban J connectivity index is 2.39. The molecular weight excluding hydrogens is 354 g/mol. The van der Waals surface area contributed by atoms with Crippen LogP contribution in [-0.2, 0) is 4.74 Å². The smallest absolute Gasteiger partial charge is 0.343 e. The molecule has 8 heteroatoms. The number of hydrogen-bond donors (Lipinski definition) is 0. The lowest BCUT2D eigenvalue weighted by atomic mass is 10.1. The fourth-order valence-electron chi connectivity index (χ4n) is 2.37. The number of halogens is 3. The van der Waals surface area contributed by atoms with E-state index in [4.69, 9.17) is 16.3 Å². The molecular formula is C17H11ClF2N2O3. The first kappa shape index (κ1) is 17.0. The van der Waals surface area contributed by atoms with E-state index in [1.165, 1.54) is 29.0 Å². The molecule has 0 atom stereocenters. The number of pyridine rings is 2. The van der Waals surface area contributed by atoms with Crippen LogP contribution in [0.5, 0.6) is 0 Å². The van der Waals surface area contributed by atoms with Gasteiger partial charge < -0.3 is 9.30 Å². The highest BCUT2D eigenvalue weighted by Crippen LogP contribution is 2.23. The molecule has 2 aromatic heterocycles. The summed E-state index contributed by atoms with van der Waals surface area (Å²) in [6.07, 6.45) is 2.20. The number of hydrogen-bond acceptors (Lipinski definition) is 4. The van der Waals surface area contributed by atoms with Crippen molar-refractivity contribution in [3.8, 4) is 5.82 Å². The van der Waals surface area contributed by atoms with Crippen molar-refractivity contribution in [2.75, 3.05) is 6.61 Å². The molecule has 128 valence electrons. The largest absolute Gasteiger partial charge is 0.462 e. The second kappa shape index (κ2) is 6.60. The Morgan fingerprint density at radius 2 is 2.08 bits per heavy atom. The van der Waals surface area contributed by atoms with Crippen LogP contribution in [0.25, 0.3) is 16.7 Å². The Hall–Kier alpha value is -2.80. The fraction of sp³-hybridized carbons (Fsp3) is 0.118. The molecule has 0 fully saturated rings. The van der Waals surface area contributed by atoms with Gasteiger partial charge in [-0.15, -0.1) is 0 Å². The van der Waals surface area contributed by atoms with Gasteiger partial charge in [0, 0.05) is 11.6 Å². The van der Waals surface area contributed by atoms with Crippen LogP contribution in [0.4, 0.5) is 8.78 Å². The zero-order chi connectivity index (χ0) is 18.1. The normalized spacial score (nSPS) is 10.9. The van der Waals surface area contributed by atoms with Crippen LogP contribution in [-0.4, -0.2) is 22.1 Å². The highest BCUT2D eigenvalue weighted by molar-refractivity contribution is 6.31. The summed E-state index contributed by atoms with van der Waals surface area (Å²) in [6.45, 7) is 1.67. The van der Waals surface area contributed by atoms with Crippen molar-refractivity contribution in [2.45, 2.75) is 6.92 Å². The maximum absolute atomic E-state index is 13.8. The summed E-state index contributed by atoms with van der Waals surface area (Å²) in [7, 11) is 0. The number of carbonyl (C=O) groups excluding carboxylic acids is 1. The van der Waals surface area contributed by atoms with Crippen LogP contribution < -0.4 is 5.43 Å². The van der Waals surface area contributed by atoms with E-state index >= 15 is 0 Å². The zero-order valence-corrected chi connectivity index (χ0v) is 13.7. The summed E-state index contributed by atoms with van der Waals surface area (Å²) in [4.78, 5) is 28.5. The highest BCUT2D eigenvalue weighted by Gasteiger charge is 2.19. The first-order valence-corrected chi connectivity index (χ1v) is 7.63. The van der Waals surface area contributed by atoms with E-state index in [9.17, 15) is 18.4 Å². The highest BCUT2D eigenvalue weighted by atomic mass is 35.5. The minimum Gasteiger partial charge on any atom is -0.462 e. The van der Waals surface area contributed by atoms with E-state index in [1.54, 1.807) is 6.92 Å². The summed E-state index contributed by atoms with van der Waals surface area (Å²) in [6, 6.07) is 4.71. The van der Waals surface area contributed by atoms with Crippen molar-refractivity contribution in [1.29, 1.82) is 0 Å². The van der Waals surface area contributed by atoms with Crippen molar-refractivity contribution in [3.63, 3.8) is 0 Å². The minimum absolute atomic E-state index is 0.0695. The van der Waals surface area contributed by atoms with Gasteiger partial charge in [-0.25, -0.2) is 18.6 Å². The Morgan fingerprint density at radius 1 is 1.32 bits per heavy atom. The molecule has 0 saturated heterocycles. The van der Waals surface area contributed by atoms with E-state index in [1.807, 2.05) is 0 Å². The molecule has 5 nitrogen and oxygen atoms in total. The standard InChI is InChI=1S/C17H11ClF2N2O3/c1-2-25-17(24)11-8-22(15-4-3-9(19)7-21-15)14-6-12(18)13(20)5-10(14)16(11)23/h3-8H,2H2,1H3. The monoisotopic (exact) mass is 364 g/mol. The summed E-state index contributed by atoms with van der Waals surface area (Å²) in [5.41, 5.74) is -0.756. The third-order valence-electron chi connectivity index (χ3n) is 3.50. The van der Waals surface area contributed by atoms with Crippen molar-refractivity contribution >= 4 is 28.5 Å². The molecule has 0 amide bonds. The summed E-state index contributed by atoms with van der Waals surface area (Å²) in [5.74, 6) is -1.98. The van der Waals surface area contributed by atoms with Gasteiger partial charge in [0.15, 0.2) is 0 Å². The van der Waals surface area contributed by atoms with Crippen LogP contribution >= 0.6 is 11.6 Å². The number of fused-ring (bicyclic) bond motifs is 1. The zero-order valence-electron chi connectivity index (χ0n) is 12.9. The van der Waals surface area contributed by atoms with Gasteiger partial charge in [0.05, 0.1) is 23.3 Å². The van der Waals surface area contributed by atoms with E-state index in [0.29, 0.717) is 0 Å². The van der Waals surface area contributed by atoms with Gasteiger partial charge in [0.2, 0.25) is 5.43 Å². The van der Waals surface area contributed by atoms with Crippen LogP contribution in [0.3, 0.4) is 0 Å². The topological polar surface area (TPSA) is 61.2 Å². The molecule has 0 aliphatic rings. The minimum atomic E-state index is -0.847. The van der Waals surface area contributed by atoms with Crippen molar-refractivity contribution < 1.29 is 18.3 Å². The summed E-state index contributed by atoms with van der Waals surface area (Å²) in [5, 5.41) is -0.273. The molecule has 0 radical (unpaired) electrons. The predicted octanol–water partition coefficient (Wildman–Crippen LogP) is 3.49. The van der Waals surface area contributed by atoms with Crippen molar-refractivity contribution in [1.82, 2.24) is 9.55 Å². The Labute approximate surface area is 145 Å². The van der Waals surface area contributed by atoms with Gasteiger partial charge >= 0.3 is 5.97 Å². The van der Waals surface area contributed by atoms with Gasteiger partial charge in [0.25, 0.3) is 0 Å². The molecule has 0 saturated carbocycles. The second-order valence-corrected chi connectivity index (χ2v) is 5.49. The first-order chi connectivity index (χ1) is 11.9. The maximum Gasteiger partial charge on any atom is 0.343 e. The Morgan fingerprint density at radius 3 is 2.72 bits per heavy atom. The van der Waals surface area contributed by atoms with Crippen LogP contribution in [0, 0.1) is 11.6 Å². The third kappa shape index (κ3) is 3.10. The molecule has 2 heterocycles. The van der Waals surface area contributed by atoms with Crippen LogP contribution in [0.1, 0.15) is 17.3 Å². The van der Waals surface area contributed by atoms with Crippen LogP contribution in [0.2, 0.25) is 5.02 Å². The molecule has 3 aromatic rings. The molecule has 0 aliphatic heterocycles. The van der Waals surface area contributed by atoms with E-state index in [-0.39, 0.29) is 33.9 Å². The molecule has 0 unspecified atom stereocenters. The predicted molar refractivity (Wildman–Crippen MR) is 88.2 cm³/mol.